The molecule has 1 aliphatic rings. The lowest BCUT2D eigenvalue weighted by molar-refractivity contribution is 0.304. The first kappa shape index (κ1) is 14.2. The summed E-state index contributed by atoms with van der Waals surface area (Å²) in [5.41, 5.74) is 2.41. The molecule has 0 saturated heterocycles. The number of hydrogen-bond acceptors (Lipinski definition) is 6. The maximum atomic E-state index is 9.42. The predicted molar refractivity (Wildman–Crippen MR) is 81.1 cm³/mol. The molecule has 0 saturated carbocycles. The Morgan fingerprint density at radius 1 is 1.23 bits per heavy atom. The Balaban J connectivity index is 2.28. The third-order valence-electron chi connectivity index (χ3n) is 3.93. The van der Waals surface area contributed by atoms with E-state index in [1.165, 1.54) is 0 Å². The predicted octanol–water partition coefficient (Wildman–Crippen LogP) is 2.17. The van der Waals surface area contributed by atoms with E-state index in [0.29, 0.717) is 29.2 Å². The van der Waals surface area contributed by atoms with Gasteiger partial charge in [-0.3, -0.25) is 0 Å². The molecule has 0 radical (unpaired) electrons. The van der Waals surface area contributed by atoms with Crippen LogP contribution in [0.5, 0.6) is 0 Å². The second kappa shape index (κ2) is 4.94. The van der Waals surface area contributed by atoms with E-state index in [4.69, 9.17) is 0 Å². The molecule has 2 aromatic rings. The molecule has 3 rings (SSSR count). The van der Waals surface area contributed by atoms with Gasteiger partial charge in [0, 0.05) is 18.0 Å². The summed E-state index contributed by atoms with van der Waals surface area (Å²) in [6.07, 6.45) is 2.30. The molecular formula is C15H17N5O2. The zero-order valence-corrected chi connectivity index (χ0v) is 12.6. The van der Waals surface area contributed by atoms with Crippen molar-refractivity contribution in [2.24, 2.45) is 15.7 Å². The standard InChI is InChI=1S/C15H17N5O2/c1-9-12-10(20(17-9)11-6-4-5-7-16-11)8-15(2,3)14(19-22)13(12)18-21/h4-7,21-22H,8H2,1-3H3. The normalized spacial score (nSPS) is 20.3. The molecule has 0 atom stereocenters. The first-order valence-electron chi connectivity index (χ1n) is 6.95. The van der Waals surface area contributed by atoms with Gasteiger partial charge in [-0.1, -0.05) is 30.2 Å². The molecule has 0 aliphatic heterocycles. The number of pyridine rings is 1. The molecule has 114 valence electrons. The van der Waals surface area contributed by atoms with Crippen molar-refractivity contribution in [1.82, 2.24) is 14.8 Å². The molecule has 0 fully saturated rings. The van der Waals surface area contributed by atoms with Crippen LogP contribution < -0.4 is 0 Å². The molecule has 0 amide bonds. The Hall–Kier alpha value is -2.70. The fourth-order valence-electron chi connectivity index (χ4n) is 2.94. The summed E-state index contributed by atoms with van der Waals surface area (Å²) < 4.78 is 1.76. The van der Waals surface area contributed by atoms with Crippen LogP contribution in [0.3, 0.4) is 0 Å². The maximum Gasteiger partial charge on any atom is 0.153 e. The topological polar surface area (TPSA) is 95.9 Å². The van der Waals surface area contributed by atoms with Gasteiger partial charge in [-0.2, -0.15) is 5.10 Å². The fourth-order valence-corrected chi connectivity index (χ4v) is 2.94. The molecule has 2 N–H and O–H groups in total. The maximum absolute atomic E-state index is 9.42. The van der Waals surface area contributed by atoms with E-state index in [1.54, 1.807) is 10.9 Å². The Labute approximate surface area is 127 Å². The molecule has 7 nitrogen and oxygen atoms in total. The zero-order valence-electron chi connectivity index (χ0n) is 12.6. The van der Waals surface area contributed by atoms with Crippen LogP contribution in [0.25, 0.3) is 5.82 Å². The smallest absolute Gasteiger partial charge is 0.153 e. The molecular weight excluding hydrogens is 282 g/mol. The highest BCUT2D eigenvalue weighted by Crippen LogP contribution is 2.35. The fraction of sp³-hybridized carbons (Fsp3) is 0.333. The van der Waals surface area contributed by atoms with Crippen LogP contribution in [0.4, 0.5) is 0 Å². The van der Waals surface area contributed by atoms with E-state index >= 15 is 0 Å². The largest absolute Gasteiger partial charge is 0.411 e. The van der Waals surface area contributed by atoms with Gasteiger partial charge in [0.1, 0.15) is 11.4 Å². The average molecular weight is 299 g/mol. The van der Waals surface area contributed by atoms with Crippen molar-refractivity contribution < 1.29 is 10.4 Å². The van der Waals surface area contributed by atoms with Crippen molar-refractivity contribution in [2.45, 2.75) is 27.2 Å². The lowest BCUT2D eigenvalue weighted by Gasteiger charge is -2.31. The van der Waals surface area contributed by atoms with Gasteiger partial charge < -0.3 is 10.4 Å². The van der Waals surface area contributed by atoms with Crippen LogP contribution in [0.2, 0.25) is 0 Å². The van der Waals surface area contributed by atoms with Crippen LogP contribution in [0.15, 0.2) is 34.7 Å². The van der Waals surface area contributed by atoms with E-state index in [2.05, 4.69) is 20.4 Å². The van der Waals surface area contributed by atoms with E-state index in [9.17, 15) is 10.4 Å². The van der Waals surface area contributed by atoms with Crippen molar-refractivity contribution >= 4 is 11.4 Å². The average Bonchev–Trinajstić information content (AvgIpc) is 2.82. The summed E-state index contributed by atoms with van der Waals surface area (Å²) in [6, 6.07) is 5.60. The third-order valence-corrected chi connectivity index (χ3v) is 3.93. The number of aryl methyl sites for hydroxylation is 1. The van der Waals surface area contributed by atoms with Crippen molar-refractivity contribution in [3.8, 4) is 5.82 Å². The molecule has 0 spiro atoms. The summed E-state index contributed by atoms with van der Waals surface area (Å²) in [5, 5.41) is 30.0. The number of aromatic nitrogens is 3. The minimum Gasteiger partial charge on any atom is -0.411 e. The number of rotatable bonds is 1. The Bertz CT molecular complexity index is 775. The monoisotopic (exact) mass is 299 g/mol. The highest BCUT2D eigenvalue weighted by atomic mass is 16.4. The summed E-state index contributed by atoms with van der Waals surface area (Å²) in [6.45, 7) is 5.69. The van der Waals surface area contributed by atoms with Gasteiger partial charge >= 0.3 is 0 Å². The van der Waals surface area contributed by atoms with Gasteiger partial charge in [-0.05, 0) is 19.1 Å². The minimum atomic E-state index is -0.484. The van der Waals surface area contributed by atoms with E-state index in [0.717, 1.165) is 5.69 Å². The minimum absolute atomic E-state index is 0.258. The Morgan fingerprint density at radius 2 is 2.00 bits per heavy atom. The summed E-state index contributed by atoms with van der Waals surface area (Å²) >= 11 is 0. The van der Waals surface area contributed by atoms with Crippen molar-refractivity contribution in [3.05, 3.63) is 41.3 Å². The zero-order chi connectivity index (χ0) is 15.9. The summed E-state index contributed by atoms with van der Waals surface area (Å²) in [4.78, 5) is 4.33. The van der Waals surface area contributed by atoms with Gasteiger partial charge in [0.05, 0.1) is 17.0 Å². The van der Waals surface area contributed by atoms with Crippen LogP contribution >= 0.6 is 0 Å². The van der Waals surface area contributed by atoms with E-state index < -0.39 is 5.41 Å². The highest BCUT2D eigenvalue weighted by molar-refractivity contribution is 6.50. The lowest BCUT2D eigenvalue weighted by atomic mass is 9.73. The SMILES string of the molecule is Cc1nn(-c2ccccn2)c2c1C(=NO)C(=NO)C(C)(C)C2. The van der Waals surface area contributed by atoms with Crippen LogP contribution in [-0.2, 0) is 6.42 Å². The first-order valence-corrected chi connectivity index (χ1v) is 6.95. The lowest BCUT2D eigenvalue weighted by Crippen LogP contribution is -2.40. The van der Waals surface area contributed by atoms with Gasteiger partial charge in [-0.15, -0.1) is 0 Å². The van der Waals surface area contributed by atoms with Gasteiger partial charge in [0.2, 0.25) is 0 Å². The number of oxime groups is 2. The van der Waals surface area contributed by atoms with Crippen molar-refractivity contribution in [2.75, 3.05) is 0 Å². The van der Waals surface area contributed by atoms with Crippen molar-refractivity contribution in [3.63, 3.8) is 0 Å². The second-order valence-electron chi connectivity index (χ2n) is 5.96. The number of nitrogens with zero attached hydrogens (tertiary/aromatic N) is 5. The first-order chi connectivity index (χ1) is 10.5. The third kappa shape index (κ3) is 1.97. The van der Waals surface area contributed by atoms with Gasteiger partial charge in [-0.25, -0.2) is 9.67 Å². The molecule has 0 unspecified atom stereocenters. The van der Waals surface area contributed by atoms with E-state index in [-0.39, 0.29) is 5.71 Å². The molecule has 2 aromatic heterocycles. The summed E-state index contributed by atoms with van der Waals surface area (Å²) in [5.74, 6) is 0.698. The molecule has 7 heteroatoms. The van der Waals surface area contributed by atoms with E-state index in [1.807, 2.05) is 39.0 Å². The quantitative estimate of drug-likeness (QED) is 0.623. The molecule has 0 bridgehead atoms. The number of fused-ring (bicyclic) bond motifs is 1. The number of hydrogen-bond donors (Lipinski definition) is 2. The van der Waals surface area contributed by atoms with Crippen LogP contribution in [0.1, 0.15) is 30.8 Å². The van der Waals surface area contributed by atoms with Crippen molar-refractivity contribution in [1.29, 1.82) is 0 Å². The Morgan fingerprint density at radius 3 is 2.59 bits per heavy atom. The highest BCUT2D eigenvalue weighted by Gasteiger charge is 2.41. The van der Waals surface area contributed by atoms with Gasteiger partial charge in [0.15, 0.2) is 5.82 Å². The van der Waals surface area contributed by atoms with Gasteiger partial charge in [0.25, 0.3) is 0 Å². The summed E-state index contributed by atoms with van der Waals surface area (Å²) in [7, 11) is 0. The van der Waals surface area contributed by atoms with Crippen LogP contribution in [-0.4, -0.2) is 36.6 Å². The molecule has 2 heterocycles. The second-order valence-corrected chi connectivity index (χ2v) is 5.96. The molecule has 0 aromatic carbocycles. The molecule has 1 aliphatic carbocycles. The van der Waals surface area contributed by atoms with Crippen LogP contribution in [0, 0.1) is 12.3 Å². The Kier molecular flexibility index (Phi) is 3.20. The molecule has 22 heavy (non-hydrogen) atoms.